The summed E-state index contributed by atoms with van der Waals surface area (Å²) in [5.74, 6) is 2.30. The summed E-state index contributed by atoms with van der Waals surface area (Å²) in [5, 5.41) is 3.47. The van der Waals surface area contributed by atoms with E-state index in [0.29, 0.717) is 34.2 Å². The van der Waals surface area contributed by atoms with Crippen molar-refractivity contribution in [2.75, 3.05) is 0 Å². The number of pyridine rings is 2. The van der Waals surface area contributed by atoms with Crippen molar-refractivity contribution < 1.29 is 30.7 Å². The lowest BCUT2D eigenvalue weighted by Gasteiger charge is -2.41. The number of fused-ring (bicyclic) bond motifs is 2. The molecule has 0 unspecified atom stereocenters. The number of rotatable bonds is 0. The average molecular weight is 637 g/mol. The molecule has 0 N–H and O–H groups in total. The summed E-state index contributed by atoms with van der Waals surface area (Å²) in [5.41, 5.74) is 3.40. The van der Waals surface area contributed by atoms with Crippen LogP contribution < -0.4 is 13.9 Å². The minimum absolute atomic E-state index is 0.199. The highest BCUT2D eigenvalue weighted by Gasteiger charge is 2.67. The Hall–Kier alpha value is -5.52. The zero-order valence-electron chi connectivity index (χ0n) is 23.4. The zero-order chi connectivity index (χ0) is 30.2. The second-order valence-corrected chi connectivity index (χ2v) is 16.3. The SMILES string of the molecule is O=S1(=O)c2ccc[n+]3c2-n2c4c1cccc4c1ccc4c(c12)C31c2c(ccc3c5cccc6c5n(c23)-c2c(ccc[n+]21)S6(=O)=O)O4. The molecule has 9 nitrogen and oxygen atoms in total. The lowest BCUT2D eigenvalue weighted by molar-refractivity contribution is -0.969. The number of para-hydroxylation sites is 2. The standard InChI is InChI=1S/C35H16N4O5S2/c40-45(41)23-7-1-5-17-19-11-13-21-27-31(19)38(29(17)23)33-25(45)9-3-15-36(33)35(27)28-22(44-21)14-12-20-18-6-2-8-24-30(18)39(32(20)28)34-26(46(24,42)43)10-4-16-37(34)35/h1-16H/q+2. The van der Waals surface area contributed by atoms with Crippen molar-refractivity contribution in [1.29, 1.82) is 0 Å². The molecule has 4 aromatic heterocycles. The minimum Gasteiger partial charge on any atom is -0.456 e. The fourth-order valence-corrected chi connectivity index (χ4v) is 12.6. The molecule has 0 atom stereocenters. The van der Waals surface area contributed by atoms with Crippen LogP contribution in [0.2, 0.25) is 0 Å². The number of hydrogen-bond acceptors (Lipinski definition) is 5. The second-order valence-electron chi connectivity index (χ2n) is 12.6. The summed E-state index contributed by atoms with van der Waals surface area (Å²) >= 11 is 0. The van der Waals surface area contributed by atoms with Gasteiger partial charge in [-0.2, -0.15) is 18.3 Å². The lowest BCUT2D eigenvalue weighted by Crippen LogP contribution is -2.79. The van der Waals surface area contributed by atoms with Crippen molar-refractivity contribution in [2.24, 2.45) is 0 Å². The Kier molecular flexibility index (Phi) is 3.19. The van der Waals surface area contributed by atoms with Gasteiger partial charge < -0.3 is 4.74 Å². The van der Waals surface area contributed by atoms with Crippen LogP contribution in [-0.2, 0) is 25.3 Å². The quantitative estimate of drug-likeness (QED) is 0.224. The molecule has 0 saturated carbocycles. The van der Waals surface area contributed by atoms with Crippen molar-refractivity contribution >= 4 is 63.3 Å². The van der Waals surface area contributed by atoms with Crippen LogP contribution in [0.25, 0.3) is 55.2 Å². The molecular formula is C35H16N4O5S2+2. The van der Waals surface area contributed by atoms with Crippen LogP contribution in [-0.4, -0.2) is 26.0 Å². The Balaban J connectivity index is 1.43. The van der Waals surface area contributed by atoms with E-state index in [-0.39, 0.29) is 19.6 Å². The van der Waals surface area contributed by atoms with Crippen molar-refractivity contribution in [3.05, 3.63) is 108 Å². The Morgan fingerprint density at radius 3 is 1.41 bits per heavy atom. The Bertz CT molecular complexity index is 2990. The molecule has 0 fully saturated rings. The van der Waals surface area contributed by atoms with Gasteiger partial charge in [0.2, 0.25) is 19.7 Å². The third kappa shape index (κ3) is 1.90. The van der Waals surface area contributed by atoms with E-state index in [1.807, 2.05) is 57.9 Å². The lowest BCUT2D eigenvalue weighted by atomic mass is 9.81. The van der Waals surface area contributed by atoms with E-state index in [2.05, 4.69) is 9.13 Å². The number of benzene rings is 4. The van der Waals surface area contributed by atoms with E-state index in [9.17, 15) is 16.8 Å². The highest BCUT2D eigenvalue weighted by Crippen LogP contribution is 2.59. The molecule has 4 aromatic carbocycles. The molecule has 46 heavy (non-hydrogen) atoms. The predicted molar refractivity (Wildman–Crippen MR) is 165 cm³/mol. The van der Waals surface area contributed by atoms with E-state index in [1.165, 1.54) is 0 Å². The zero-order valence-corrected chi connectivity index (χ0v) is 25.0. The molecule has 5 aliphatic heterocycles. The van der Waals surface area contributed by atoms with Crippen LogP contribution in [0.1, 0.15) is 11.1 Å². The first kappa shape index (κ1) is 22.9. The average Bonchev–Trinajstić information content (AvgIpc) is 3.59. The van der Waals surface area contributed by atoms with E-state index in [1.54, 1.807) is 48.5 Å². The second kappa shape index (κ2) is 6.41. The van der Waals surface area contributed by atoms with Gasteiger partial charge in [0.25, 0.3) is 0 Å². The Morgan fingerprint density at radius 2 is 0.935 bits per heavy atom. The maximum atomic E-state index is 14.4. The van der Waals surface area contributed by atoms with Crippen LogP contribution in [0.3, 0.4) is 0 Å². The molecule has 0 amide bonds. The molecule has 9 heterocycles. The number of hydrogen-bond donors (Lipinski definition) is 0. The molecule has 1 spiro atoms. The first-order valence-corrected chi connectivity index (χ1v) is 17.8. The fourth-order valence-electron chi connectivity index (χ4n) is 9.33. The van der Waals surface area contributed by atoms with Gasteiger partial charge in [0, 0.05) is 21.5 Å². The summed E-state index contributed by atoms with van der Waals surface area (Å²) in [4.78, 5) is 0.930. The number of aromatic nitrogens is 4. The normalized spacial score (nSPS) is 18.2. The van der Waals surface area contributed by atoms with E-state index in [0.717, 1.165) is 43.7 Å². The Labute approximate surface area is 259 Å². The molecular weight excluding hydrogens is 621 g/mol. The predicted octanol–water partition coefficient (Wildman–Crippen LogP) is 4.78. The van der Waals surface area contributed by atoms with Crippen molar-refractivity contribution in [3.8, 4) is 23.1 Å². The molecule has 0 aliphatic carbocycles. The van der Waals surface area contributed by atoms with Crippen molar-refractivity contribution in [2.45, 2.75) is 25.2 Å². The summed E-state index contributed by atoms with van der Waals surface area (Å²) in [6.45, 7) is 0. The first-order chi connectivity index (χ1) is 22.4. The van der Waals surface area contributed by atoms with Gasteiger partial charge in [-0.25, -0.2) is 16.8 Å². The summed E-state index contributed by atoms with van der Waals surface area (Å²) < 4.78 is 72.8. The van der Waals surface area contributed by atoms with Crippen LogP contribution in [0.5, 0.6) is 11.5 Å². The van der Waals surface area contributed by atoms with Crippen molar-refractivity contribution in [1.82, 2.24) is 9.13 Å². The van der Waals surface area contributed by atoms with E-state index < -0.39 is 25.3 Å². The highest BCUT2D eigenvalue weighted by atomic mass is 32.2. The van der Waals surface area contributed by atoms with Crippen LogP contribution in [0.15, 0.2) is 117 Å². The molecule has 0 bridgehead atoms. The molecule has 216 valence electrons. The van der Waals surface area contributed by atoms with Gasteiger partial charge >= 0.3 is 17.3 Å². The van der Waals surface area contributed by atoms with Gasteiger partial charge in [-0.05, 0) is 72.8 Å². The van der Waals surface area contributed by atoms with E-state index in [4.69, 9.17) is 4.74 Å². The molecule has 5 aliphatic rings. The molecule has 11 heteroatoms. The number of sulfone groups is 2. The highest BCUT2D eigenvalue weighted by molar-refractivity contribution is 7.92. The number of nitrogens with zero attached hydrogens (tertiary/aromatic N) is 4. The summed E-state index contributed by atoms with van der Waals surface area (Å²) in [7, 11) is -7.82. The van der Waals surface area contributed by atoms with Gasteiger partial charge in [-0.1, -0.05) is 12.1 Å². The third-order valence-electron chi connectivity index (χ3n) is 10.8. The maximum Gasteiger partial charge on any atom is 0.321 e. The van der Waals surface area contributed by atoms with Gasteiger partial charge in [0.1, 0.15) is 32.4 Å². The minimum atomic E-state index is -3.91. The summed E-state index contributed by atoms with van der Waals surface area (Å²) in [6.07, 6.45) is 3.84. The first-order valence-electron chi connectivity index (χ1n) is 14.9. The number of ether oxygens (including phenoxy) is 1. The molecule has 0 radical (unpaired) electrons. The molecule has 13 rings (SSSR count). The third-order valence-corrected chi connectivity index (χ3v) is 14.4. The van der Waals surface area contributed by atoms with Gasteiger partial charge in [0.05, 0.1) is 12.4 Å². The van der Waals surface area contributed by atoms with Crippen molar-refractivity contribution in [3.63, 3.8) is 0 Å². The van der Waals surface area contributed by atoms with Crippen LogP contribution in [0.4, 0.5) is 0 Å². The monoisotopic (exact) mass is 636 g/mol. The molecule has 0 saturated heterocycles. The van der Waals surface area contributed by atoms with Gasteiger partial charge in [-0.3, -0.25) is 0 Å². The summed E-state index contributed by atoms with van der Waals surface area (Å²) in [6, 6.07) is 25.7. The maximum absolute atomic E-state index is 14.4. The van der Waals surface area contributed by atoms with Gasteiger partial charge in [-0.15, -0.1) is 0 Å². The van der Waals surface area contributed by atoms with Crippen LogP contribution >= 0.6 is 0 Å². The topological polar surface area (TPSA) is 95.1 Å². The largest absolute Gasteiger partial charge is 0.456 e. The fraction of sp³-hybridized carbons (Fsp3) is 0.0286. The van der Waals surface area contributed by atoms with Crippen LogP contribution in [0, 0.1) is 0 Å². The smallest absolute Gasteiger partial charge is 0.321 e. The molecule has 8 aromatic rings. The van der Waals surface area contributed by atoms with E-state index >= 15 is 0 Å². The Morgan fingerprint density at radius 1 is 0.500 bits per heavy atom. The van der Waals surface area contributed by atoms with Gasteiger partial charge in [0.15, 0.2) is 31.9 Å².